The van der Waals surface area contributed by atoms with Crippen molar-refractivity contribution >= 4 is 11.4 Å². The van der Waals surface area contributed by atoms with Crippen molar-refractivity contribution in [3.8, 4) is 0 Å². The van der Waals surface area contributed by atoms with E-state index in [-0.39, 0.29) is 0 Å². The van der Waals surface area contributed by atoms with E-state index in [0.29, 0.717) is 23.8 Å². The molecule has 5 nitrogen and oxygen atoms in total. The standard InChI is InChI=1S/C14H25N3O2.C2H6/c1-10(2)6-5-7-15-11-12(14(19)13(11)18)16-8-9-17(3)4;1-2/h10,15-16H,5-9H2,1-4H3;1-2H3. The van der Waals surface area contributed by atoms with E-state index in [1.807, 2.05) is 32.8 Å². The maximum absolute atomic E-state index is 11.5. The smallest absolute Gasteiger partial charge is 0.253 e. The van der Waals surface area contributed by atoms with Gasteiger partial charge in [-0.25, -0.2) is 0 Å². The first-order valence-electron chi connectivity index (χ1n) is 7.89. The molecule has 1 rings (SSSR count). The van der Waals surface area contributed by atoms with E-state index in [1.165, 1.54) is 0 Å². The molecule has 0 aromatic heterocycles. The van der Waals surface area contributed by atoms with Gasteiger partial charge in [0.05, 0.1) is 0 Å². The van der Waals surface area contributed by atoms with E-state index in [9.17, 15) is 9.59 Å². The first kappa shape index (κ1) is 19.6. The first-order valence-corrected chi connectivity index (χ1v) is 7.89. The molecular weight excluding hydrogens is 266 g/mol. The van der Waals surface area contributed by atoms with Crippen LogP contribution < -0.4 is 21.5 Å². The highest BCUT2D eigenvalue weighted by Gasteiger charge is 2.19. The lowest BCUT2D eigenvalue weighted by molar-refractivity contribution is 0.425. The number of nitrogens with one attached hydrogen (secondary N) is 2. The van der Waals surface area contributed by atoms with Crippen molar-refractivity contribution in [1.82, 2.24) is 4.90 Å². The Bertz CT molecular complexity index is 460. The second-order valence-electron chi connectivity index (χ2n) is 5.60. The van der Waals surface area contributed by atoms with Crippen molar-refractivity contribution in [2.24, 2.45) is 5.92 Å². The molecule has 0 aliphatic carbocycles. The van der Waals surface area contributed by atoms with Gasteiger partial charge in [-0.1, -0.05) is 27.7 Å². The second-order valence-corrected chi connectivity index (χ2v) is 5.60. The average molecular weight is 297 g/mol. The molecule has 122 valence electrons. The SMILES string of the molecule is CC.CC(C)CCCNc1c(NCCN(C)C)c(=O)c1=O. The minimum Gasteiger partial charge on any atom is -0.380 e. The van der Waals surface area contributed by atoms with Crippen molar-refractivity contribution in [2.45, 2.75) is 40.5 Å². The molecule has 0 aliphatic heterocycles. The van der Waals surface area contributed by atoms with Gasteiger partial charge in [-0.3, -0.25) is 9.59 Å². The quantitative estimate of drug-likeness (QED) is 0.540. The van der Waals surface area contributed by atoms with Crippen LogP contribution in [0.2, 0.25) is 0 Å². The largest absolute Gasteiger partial charge is 0.380 e. The molecule has 0 amide bonds. The van der Waals surface area contributed by atoms with Gasteiger partial charge in [0, 0.05) is 19.6 Å². The van der Waals surface area contributed by atoms with E-state index >= 15 is 0 Å². The van der Waals surface area contributed by atoms with Crippen LogP contribution in [0.1, 0.15) is 40.5 Å². The fraction of sp³-hybridized carbons (Fsp3) is 0.750. The lowest BCUT2D eigenvalue weighted by Crippen LogP contribution is -2.38. The van der Waals surface area contributed by atoms with E-state index in [4.69, 9.17) is 0 Å². The molecule has 0 atom stereocenters. The summed E-state index contributed by atoms with van der Waals surface area (Å²) in [5.74, 6) is 0.659. The van der Waals surface area contributed by atoms with Crippen molar-refractivity contribution in [3.63, 3.8) is 0 Å². The Morgan fingerprint density at radius 3 is 1.86 bits per heavy atom. The summed E-state index contributed by atoms with van der Waals surface area (Å²) in [5.41, 5.74) is 0.130. The van der Waals surface area contributed by atoms with Gasteiger partial charge in [-0.15, -0.1) is 0 Å². The van der Waals surface area contributed by atoms with Crippen LogP contribution in [0.15, 0.2) is 9.59 Å². The van der Waals surface area contributed by atoms with Gasteiger partial charge in [0.2, 0.25) is 0 Å². The predicted octanol–water partition coefficient (Wildman–Crippen LogP) is 2.13. The van der Waals surface area contributed by atoms with Crippen molar-refractivity contribution < 1.29 is 0 Å². The molecular formula is C16H31N3O2. The Hall–Kier alpha value is -1.36. The molecule has 0 saturated heterocycles. The van der Waals surface area contributed by atoms with E-state index in [1.54, 1.807) is 0 Å². The minimum atomic E-state index is -0.398. The van der Waals surface area contributed by atoms with Crippen LogP contribution in [0.4, 0.5) is 11.4 Å². The first-order chi connectivity index (χ1) is 9.93. The molecule has 5 heteroatoms. The van der Waals surface area contributed by atoms with Gasteiger partial charge in [0.15, 0.2) is 0 Å². The summed E-state index contributed by atoms with van der Waals surface area (Å²) in [4.78, 5) is 25.0. The third-order valence-corrected chi connectivity index (χ3v) is 3.03. The lowest BCUT2D eigenvalue weighted by Gasteiger charge is -2.16. The Labute approximate surface area is 128 Å². The summed E-state index contributed by atoms with van der Waals surface area (Å²) in [6.07, 6.45) is 2.12. The normalized spacial score (nSPS) is 10.7. The summed E-state index contributed by atoms with van der Waals surface area (Å²) in [5, 5.41) is 6.11. The summed E-state index contributed by atoms with van der Waals surface area (Å²) in [6, 6.07) is 0. The van der Waals surface area contributed by atoms with Crippen LogP contribution >= 0.6 is 0 Å². The molecule has 0 spiro atoms. The van der Waals surface area contributed by atoms with Gasteiger partial charge in [-0.2, -0.15) is 0 Å². The topological polar surface area (TPSA) is 61.4 Å². The highest BCUT2D eigenvalue weighted by atomic mass is 16.2. The summed E-state index contributed by atoms with van der Waals surface area (Å²) >= 11 is 0. The van der Waals surface area contributed by atoms with Crippen LogP contribution in [-0.2, 0) is 0 Å². The highest BCUT2D eigenvalue weighted by molar-refractivity contribution is 5.73. The molecule has 1 aromatic rings. The van der Waals surface area contributed by atoms with Crippen molar-refractivity contribution in [2.75, 3.05) is 44.4 Å². The molecule has 0 unspecified atom stereocenters. The summed E-state index contributed by atoms with van der Waals surface area (Å²) in [6.45, 7) is 10.6. The van der Waals surface area contributed by atoms with Crippen molar-refractivity contribution in [1.29, 1.82) is 0 Å². The number of hydrogen-bond donors (Lipinski definition) is 2. The Kier molecular flexibility index (Phi) is 9.71. The molecule has 0 bridgehead atoms. The zero-order valence-electron chi connectivity index (χ0n) is 14.4. The summed E-state index contributed by atoms with van der Waals surface area (Å²) in [7, 11) is 3.93. The zero-order valence-corrected chi connectivity index (χ0v) is 14.4. The molecule has 0 radical (unpaired) electrons. The molecule has 0 heterocycles. The third kappa shape index (κ3) is 6.76. The monoisotopic (exact) mass is 297 g/mol. The predicted molar refractivity (Wildman–Crippen MR) is 92.3 cm³/mol. The highest BCUT2D eigenvalue weighted by Crippen LogP contribution is 2.14. The third-order valence-electron chi connectivity index (χ3n) is 3.03. The zero-order chi connectivity index (χ0) is 16.4. The number of likely N-dealkylation sites (N-methyl/N-ethyl adjacent to an activating group) is 1. The van der Waals surface area contributed by atoms with Crippen molar-refractivity contribution in [3.05, 3.63) is 20.4 Å². The fourth-order valence-electron chi connectivity index (χ4n) is 1.86. The fourth-order valence-corrected chi connectivity index (χ4v) is 1.86. The van der Waals surface area contributed by atoms with Gasteiger partial charge >= 0.3 is 0 Å². The second kappa shape index (κ2) is 10.4. The van der Waals surface area contributed by atoms with E-state index in [0.717, 1.165) is 25.9 Å². The number of anilines is 2. The van der Waals surface area contributed by atoms with Crippen LogP contribution in [0.3, 0.4) is 0 Å². The number of nitrogens with zero attached hydrogens (tertiary/aromatic N) is 1. The molecule has 0 saturated carbocycles. The van der Waals surface area contributed by atoms with Crippen LogP contribution in [-0.4, -0.2) is 38.6 Å². The maximum Gasteiger partial charge on any atom is 0.253 e. The Morgan fingerprint density at radius 2 is 1.43 bits per heavy atom. The van der Waals surface area contributed by atoms with Gasteiger partial charge < -0.3 is 15.5 Å². The lowest BCUT2D eigenvalue weighted by atomic mass is 10.1. The molecule has 0 fully saturated rings. The van der Waals surface area contributed by atoms with Gasteiger partial charge in [0.1, 0.15) is 11.4 Å². The molecule has 2 N–H and O–H groups in total. The summed E-state index contributed by atoms with van der Waals surface area (Å²) < 4.78 is 0. The number of rotatable bonds is 9. The van der Waals surface area contributed by atoms with Crippen LogP contribution in [0.25, 0.3) is 0 Å². The van der Waals surface area contributed by atoms with Gasteiger partial charge in [-0.05, 0) is 32.9 Å². The van der Waals surface area contributed by atoms with Crippen LogP contribution in [0, 0.1) is 5.92 Å². The molecule has 21 heavy (non-hydrogen) atoms. The van der Waals surface area contributed by atoms with Gasteiger partial charge in [0.25, 0.3) is 10.9 Å². The van der Waals surface area contributed by atoms with E-state index in [2.05, 4.69) is 24.5 Å². The maximum atomic E-state index is 11.5. The van der Waals surface area contributed by atoms with Crippen LogP contribution in [0.5, 0.6) is 0 Å². The van der Waals surface area contributed by atoms with E-state index < -0.39 is 10.9 Å². The Balaban J connectivity index is 0.00000191. The molecule has 0 aliphatic rings. The minimum absolute atomic E-state index is 0.392. The average Bonchev–Trinajstić information content (AvgIpc) is 2.45. The molecule has 1 aromatic carbocycles. The number of hydrogen-bond acceptors (Lipinski definition) is 5. The Morgan fingerprint density at radius 1 is 0.952 bits per heavy atom.